The van der Waals surface area contributed by atoms with Crippen LogP contribution in [-0.2, 0) is 6.54 Å². The Kier molecular flexibility index (Phi) is 3.89. The number of hydrogen-bond donors (Lipinski definition) is 1. The number of hydrogen-bond acceptors (Lipinski definition) is 4. The molecule has 0 saturated carbocycles. The molecule has 0 aliphatic carbocycles. The first-order chi connectivity index (χ1) is 10.6. The predicted octanol–water partition coefficient (Wildman–Crippen LogP) is 2.84. The molecule has 0 bridgehead atoms. The Bertz CT molecular complexity index is 791. The van der Waals surface area contributed by atoms with E-state index in [2.05, 4.69) is 14.9 Å². The summed E-state index contributed by atoms with van der Waals surface area (Å²) >= 11 is 0. The summed E-state index contributed by atoms with van der Waals surface area (Å²) < 4.78 is 5.38. The van der Waals surface area contributed by atoms with Crippen molar-refractivity contribution < 1.29 is 9.53 Å². The summed E-state index contributed by atoms with van der Waals surface area (Å²) in [7, 11) is 4.02. The normalized spacial score (nSPS) is 11.0. The van der Waals surface area contributed by atoms with E-state index in [1.807, 2.05) is 32.3 Å². The molecule has 3 aromatic rings. The van der Waals surface area contributed by atoms with Crippen LogP contribution in [0.5, 0.6) is 5.75 Å². The van der Waals surface area contributed by atoms with Gasteiger partial charge in [-0.3, -0.25) is 0 Å². The van der Waals surface area contributed by atoms with E-state index in [4.69, 9.17) is 4.74 Å². The zero-order valence-electron chi connectivity index (χ0n) is 12.5. The number of aromatic amines is 1. The molecule has 0 radical (unpaired) electrons. The number of carbonyl (C=O) groups is 1. The van der Waals surface area contributed by atoms with E-state index < -0.39 is 5.97 Å². The smallest absolute Gasteiger partial charge is 0.345 e. The number of nitrogens with one attached hydrogen (secondary N) is 1. The molecule has 2 heterocycles. The van der Waals surface area contributed by atoms with Gasteiger partial charge in [-0.25, -0.2) is 9.78 Å². The lowest BCUT2D eigenvalue weighted by Crippen LogP contribution is -2.11. The second-order valence-electron chi connectivity index (χ2n) is 5.41. The molecular weight excluding hydrogens is 278 g/mol. The van der Waals surface area contributed by atoms with Crippen LogP contribution in [0.1, 0.15) is 15.9 Å². The number of rotatable bonds is 4. The molecule has 1 aromatic carbocycles. The molecule has 0 atom stereocenters. The average molecular weight is 295 g/mol. The van der Waals surface area contributed by atoms with Gasteiger partial charge in [-0.1, -0.05) is 12.1 Å². The van der Waals surface area contributed by atoms with E-state index in [0.29, 0.717) is 11.3 Å². The fraction of sp³-hybridized carbons (Fsp3) is 0.176. The number of fused-ring (bicyclic) bond motifs is 1. The molecule has 0 fully saturated rings. The highest BCUT2D eigenvalue weighted by molar-refractivity contribution is 5.94. The largest absolute Gasteiger partial charge is 0.423 e. The lowest BCUT2D eigenvalue weighted by molar-refractivity contribution is 0.0734. The van der Waals surface area contributed by atoms with Crippen molar-refractivity contribution in [2.45, 2.75) is 6.54 Å². The van der Waals surface area contributed by atoms with Gasteiger partial charge in [0, 0.05) is 24.3 Å². The Morgan fingerprint density at radius 2 is 2.00 bits per heavy atom. The molecule has 0 amide bonds. The van der Waals surface area contributed by atoms with Crippen molar-refractivity contribution in [1.29, 1.82) is 0 Å². The molecule has 1 N–H and O–H groups in total. The fourth-order valence-electron chi connectivity index (χ4n) is 2.25. The van der Waals surface area contributed by atoms with Gasteiger partial charge in [0.25, 0.3) is 0 Å². The van der Waals surface area contributed by atoms with Gasteiger partial charge >= 0.3 is 5.97 Å². The predicted molar refractivity (Wildman–Crippen MR) is 84.9 cm³/mol. The van der Waals surface area contributed by atoms with Crippen LogP contribution in [0.2, 0.25) is 0 Å². The van der Waals surface area contributed by atoms with Crippen LogP contribution in [0.3, 0.4) is 0 Å². The fourth-order valence-corrected chi connectivity index (χ4v) is 2.25. The van der Waals surface area contributed by atoms with Gasteiger partial charge in [0.2, 0.25) is 0 Å². The summed E-state index contributed by atoms with van der Waals surface area (Å²) in [4.78, 5) is 21.4. The van der Waals surface area contributed by atoms with Gasteiger partial charge in [-0.15, -0.1) is 0 Å². The molecule has 5 nitrogen and oxygen atoms in total. The van der Waals surface area contributed by atoms with E-state index in [1.54, 1.807) is 24.4 Å². The minimum Gasteiger partial charge on any atom is -0.423 e. The number of pyridine rings is 1. The SMILES string of the molecule is CN(C)Cc1ccc(OC(=O)c2cnc3[nH]ccc3c2)cc1. The highest BCUT2D eigenvalue weighted by Crippen LogP contribution is 2.17. The van der Waals surface area contributed by atoms with E-state index in [-0.39, 0.29) is 0 Å². The van der Waals surface area contributed by atoms with Gasteiger partial charge in [0.1, 0.15) is 11.4 Å². The summed E-state index contributed by atoms with van der Waals surface area (Å²) in [6, 6.07) is 11.2. The lowest BCUT2D eigenvalue weighted by atomic mass is 10.2. The van der Waals surface area contributed by atoms with Crippen molar-refractivity contribution in [3.8, 4) is 5.75 Å². The Morgan fingerprint density at radius 3 is 2.73 bits per heavy atom. The molecule has 0 aliphatic heterocycles. The van der Waals surface area contributed by atoms with E-state index in [1.165, 1.54) is 11.8 Å². The third-order valence-electron chi connectivity index (χ3n) is 3.27. The average Bonchev–Trinajstić information content (AvgIpc) is 2.96. The maximum atomic E-state index is 12.2. The van der Waals surface area contributed by atoms with Crippen LogP contribution in [-0.4, -0.2) is 34.9 Å². The van der Waals surface area contributed by atoms with Crippen LogP contribution >= 0.6 is 0 Å². The number of nitrogens with zero attached hydrogens (tertiary/aromatic N) is 2. The number of esters is 1. The minimum absolute atomic E-state index is 0.407. The van der Waals surface area contributed by atoms with Crippen LogP contribution in [0.15, 0.2) is 48.8 Å². The third kappa shape index (κ3) is 3.15. The molecule has 0 aliphatic rings. The van der Waals surface area contributed by atoms with Crippen LogP contribution < -0.4 is 4.74 Å². The van der Waals surface area contributed by atoms with Gasteiger partial charge in [-0.05, 0) is 43.9 Å². The summed E-state index contributed by atoms with van der Waals surface area (Å²) in [6.07, 6.45) is 3.30. The lowest BCUT2D eigenvalue weighted by Gasteiger charge is -2.10. The Balaban J connectivity index is 1.73. The van der Waals surface area contributed by atoms with Crippen molar-refractivity contribution in [2.75, 3.05) is 14.1 Å². The van der Waals surface area contributed by atoms with Crippen molar-refractivity contribution in [2.24, 2.45) is 0 Å². The van der Waals surface area contributed by atoms with Crippen LogP contribution in [0.25, 0.3) is 11.0 Å². The Labute approximate surface area is 128 Å². The minimum atomic E-state index is -0.407. The third-order valence-corrected chi connectivity index (χ3v) is 3.27. The summed E-state index contributed by atoms with van der Waals surface area (Å²) in [6.45, 7) is 0.850. The maximum absolute atomic E-state index is 12.2. The number of carbonyl (C=O) groups excluding carboxylic acids is 1. The highest BCUT2D eigenvalue weighted by atomic mass is 16.5. The second-order valence-corrected chi connectivity index (χ2v) is 5.41. The quantitative estimate of drug-likeness (QED) is 0.594. The van der Waals surface area contributed by atoms with Crippen molar-refractivity contribution in [3.05, 3.63) is 59.9 Å². The first-order valence-electron chi connectivity index (χ1n) is 7.01. The number of ether oxygens (including phenoxy) is 1. The Hall–Kier alpha value is -2.66. The monoisotopic (exact) mass is 295 g/mol. The summed E-state index contributed by atoms with van der Waals surface area (Å²) in [5.41, 5.74) is 2.36. The summed E-state index contributed by atoms with van der Waals surface area (Å²) in [5, 5.41) is 0.885. The molecule has 2 aromatic heterocycles. The molecule has 22 heavy (non-hydrogen) atoms. The zero-order valence-corrected chi connectivity index (χ0v) is 12.5. The molecule has 112 valence electrons. The van der Waals surface area contributed by atoms with Crippen LogP contribution in [0.4, 0.5) is 0 Å². The molecule has 5 heteroatoms. The summed E-state index contributed by atoms with van der Waals surface area (Å²) in [5.74, 6) is 0.123. The highest BCUT2D eigenvalue weighted by Gasteiger charge is 2.10. The Morgan fingerprint density at radius 1 is 1.23 bits per heavy atom. The maximum Gasteiger partial charge on any atom is 0.345 e. The first-order valence-corrected chi connectivity index (χ1v) is 7.01. The molecule has 3 rings (SSSR count). The van der Waals surface area contributed by atoms with E-state index in [0.717, 1.165) is 17.6 Å². The van der Waals surface area contributed by atoms with Gasteiger partial charge in [0.05, 0.1) is 5.56 Å². The standard InChI is InChI=1S/C17H17N3O2/c1-20(2)11-12-3-5-15(6-4-12)22-17(21)14-9-13-7-8-18-16(13)19-10-14/h3-10H,11H2,1-2H3,(H,18,19). The molecule has 0 spiro atoms. The van der Waals surface area contributed by atoms with Crippen molar-refractivity contribution in [3.63, 3.8) is 0 Å². The van der Waals surface area contributed by atoms with Crippen molar-refractivity contribution in [1.82, 2.24) is 14.9 Å². The van der Waals surface area contributed by atoms with E-state index in [9.17, 15) is 4.79 Å². The molecule has 0 unspecified atom stereocenters. The van der Waals surface area contributed by atoms with Gasteiger partial charge in [-0.2, -0.15) is 0 Å². The number of aromatic nitrogens is 2. The second kappa shape index (κ2) is 5.99. The number of H-pyrrole nitrogens is 1. The zero-order chi connectivity index (χ0) is 15.5. The van der Waals surface area contributed by atoms with Crippen LogP contribution in [0, 0.1) is 0 Å². The van der Waals surface area contributed by atoms with Gasteiger partial charge in [0.15, 0.2) is 0 Å². The first kappa shape index (κ1) is 14.3. The molecule has 0 saturated heterocycles. The molecular formula is C17H17N3O2. The van der Waals surface area contributed by atoms with Crippen molar-refractivity contribution >= 4 is 17.0 Å². The topological polar surface area (TPSA) is 58.2 Å². The van der Waals surface area contributed by atoms with E-state index >= 15 is 0 Å². The number of benzene rings is 1. The van der Waals surface area contributed by atoms with Gasteiger partial charge < -0.3 is 14.6 Å².